The predicted molar refractivity (Wildman–Crippen MR) is 117 cm³/mol. The number of hydrogen-bond acceptors (Lipinski definition) is 6. The Kier molecular flexibility index (Phi) is 6.04. The number of carbonyl (C=O) groups is 1. The van der Waals surface area contributed by atoms with Gasteiger partial charge in [0.2, 0.25) is 5.91 Å². The Labute approximate surface area is 178 Å². The fourth-order valence-electron chi connectivity index (χ4n) is 3.03. The van der Waals surface area contributed by atoms with Crippen molar-refractivity contribution in [2.45, 2.75) is 26.2 Å². The van der Waals surface area contributed by atoms with Gasteiger partial charge in [-0.2, -0.15) is 0 Å². The lowest BCUT2D eigenvalue weighted by Crippen LogP contribution is -2.14. The van der Waals surface area contributed by atoms with E-state index >= 15 is 0 Å². The molecule has 0 saturated heterocycles. The zero-order valence-electron chi connectivity index (χ0n) is 16.8. The average molecular weight is 423 g/mol. The first kappa shape index (κ1) is 20.0. The second-order valence-corrected chi connectivity index (χ2v) is 7.84. The summed E-state index contributed by atoms with van der Waals surface area (Å²) in [6.07, 6.45) is 3.89. The first-order valence-corrected chi connectivity index (χ1v) is 10.7. The molecular formula is C22H22N4O3S. The van der Waals surface area contributed by atoms with Gasteiger partial charge in [-0.3, -0.25) is 4.79 Å². The van der Waals surface area contributed by atoms with E-state index in [2.05, 4.69) is 15.5 Å². The van der Waals surface area contributed by atoms with Crippen LogP contribution in [0.3, 0.4) is 0 Å². The summed E-state index contributed by atoms with van der Waals surface area (Å²) in [4.78, 5) is 16.8. The summed E-state index contributed by atoms with van der Waals surface area (Å²) >= 11 is 1.53. The normalized spacial score (nSPS) is 11.0. The molecule has 0 saturated carbocycles. The summed E-state index contributed by atoms with van der Waals surface area (Å²) in [5.41, 5.74) is 4.34. The molecule has 0 radical (unpaired) electrons. The molecule has 0 bridgehead atoms. The third-order valence-corrected chi connectivity index (χ3v) is 5.54. The maximum absolute atomic E-state index is 12.3. The van der Waals surface area contributed by atoms with Crippen molar-refractivity contribution in [2.24, 2.45) is 0 Å². The second-order valence-electron chi connectivity index (χ2n) is 6.86. The molecule has 1 amide bonds. The molecule has 0 spiro atoms. The van der Waals surface area contributed by atoms with Gasteiger partial charge in [0.25, 0.3) is 0 Å². The number of rotatable bonds is 8. The molecule has 3 heterocycles. The first-order chi connectivity index (χ1) is 14.6. The Morgan fingerprint density at radius 1 is 1.23 bits per heavy atom. The van der Waals surface area contributed by atoms with E-state index in [1.54, 1.807) is 0 Å². The molecule has 0 unspecified atom stereocenters. The van der Waals surface area contributed by atoms with Crippen LogP contribution in [0.4, 0.5) is 5.69 Å². The molecule has 4 aromatic rings. The molecule has 0 atom stereocenters. The maximum atomic E-state index is 12.3. The number of amides is 1. The third-order valence-electron chi connectivity index (χ3n) is 4.58. The summed E-state index contributed by atoms with van der Waals surface area (Å²) in [5, 5.41) is 6.85. The highest BCUT2D eigenvalue weighted by molar-refractivity contribution is 7.99. The number of fused-ring (bicyclic) bond motifs is 1. The molecule has 1 N–H and O–H groups in total. The lowest BCUT2D eigenvalue weighted by molar-refractivity contribution is -0.113. The number of hydrogen-bond donors (Lipinski definition) is 1. The largest absolute Gasteiger partial charge is 0.487 e. The summed E-state index contributed by atoms with van der Waals surface area (Å²) < 4.78 is 13.0. The second kappa shape index (κ2) is 9.04. The molecule has 30 heavy (non-hydrogen) atoms. The number of nitrogens with one attached hydrogen (secondary N) is 1. The molecule has 154 valence electrons. The molecule has 0 fully saturated rings. The number of imidazole rings is 1. The molecule has 4 rings (SSSR count). The van der Waals surface area contributed by atoms with Gasteiger partial charge in [0.1, 0.15) is 23.8 Å². The van der Waals surface area contributed by atoms with Crippen LogP contribution in [0.5, 0.6) is 5.75 Å². The number of aromatic nitrogens is 3. The van der Waals surface area contributed by atoms with Crippen molar-refractivity contribution < 1.29 is 14.1 Å². The smallest absolute Gasteiger partial charge is 0.234 e. The molecule has 0 aliphatic rings. The zero-order valence-corrected chi connectivity index (χ0v) is 17.6. The Hall–Kier alpha value is -3.26. The number of pyridine rings is 1. The molecule has 0 aliphatic carbocycles. The standard InChI is InChI=1S/C22H22N4O3S/c1-15-20(16(2)29-25-15)13-30-14-22(27)24-17-6-5-7-19(10-17)28-12-18-11-26-9-4-3-8-21(26)23-18/h3-11H,12-14H2,1-2H3,(H,24,27). The van der Waals surface area contributed by atoms with Crippen molar-refractivity contribution in [3.8, 4) is 5.75 Å². The minimum atomic E-state index is -0.0655. The molecule has 8 heteroatoms. The van der Waals surface area contributed by atoms with Gasteiger partial charge in [-0.1, -0.05) is 17.3 Å². The number of aryl methyl sites for hydroxylation is 2. The molecule has 7 nitrogen and oxygen atoms in total. The lowest BCUT2D eigenvalue weighted by Gasteiger charge is -2.08. The monoisotopic (exact) mass is 422 g/mol. The van der Waals surface area contributed by atoms with Crippen LogP contribution in [-0.2, 0) is 17.2 Å². The molecule has 3 aromatic heterocycles. The Morgan fingerprint density at radius 3 is 2.93 bits per heavy atom. The van der Waals surface area contributed by atoms with E-state index in [4.69, 9.17) is 9.26 Å². The highest BCUT2D eigenvalue weighted by Crippen LogP contribution is 2.21. The Morgan fingerprint density at radius 2 is 2.13 bits per heavy atom. The minimum absolute atomic E-state index is 0.0655. The summed E-state index contributed by atoms with van der Waals surface area (Å²) in [6.45, 7) is 4.14. The van der Waals surface area contributed by atoms with Crippen LogP contribution in [0.25, 0.3) is 5.65 Å². The number of benzene rings is 1. The third kappa shape index (κ3) is 4.83. The number of thioether (sulfide) groups is 1. The Bertz CT molecular complexity index is 1120. The van der Waals surface area contributed by atoms with Crippen LogP contribution in [0.2, 0.25) is 0 Å². The van der Waals surface area contributed by atoms with Crippen LogP contribution in [-0.4, -0.2) is 26.2 Å². The van der Waals surface area contributed by atoms with E-state index in [0.29, 0.717) is 29.5 Å². The van der Waals surface area contributed by atoms with E-state index in [-0.39, 0.29) is 5.91 Å². The van der Waals surface area contributed by atoms with Crippen molar-refractivity contribution in [3.05, 3.63) is 77.6 Å². The van der Waals surface area contributed by atoms with Crippen molar-refractivity contribution >= 4 is 29.0 Å². The van der Waals surface area contributed by atoms with Crippen LogP contribution >= 0.6 is 11.8 Å². The predicted octanol–water partition coefficient (Wildman–Crippen LogP) is 4.39. The maximum Gasteiger partial charge on any atom is 0.234 e. The topological polar surface area (TPSA) is 81.7 Å². The van der Waals surface area contributed by atoms with Gasteiger partial charge < -0.3 is 19.0 Å². The molecule has 0 aliphatic heterocycles. The first-order valence-electron chi connectivity index (χ1n) is 9.53. The van der Waals surface area contributed by atoms with Gasteiger partial charge in [-0.25, -0.2) is 4.98 Å². The fourth-order valence-corrected chi connectivity index (χ4v) is 4.00. The van der Waals surface area contributed by atoms with Gasteiger partial charge >= 0.3 is 0 Å². The van der Waals surface area contributed by atoms with Crippen LogP contribution in [0.15, 0.2) is 59.4 Å². The van der Waals surface area contributed by atoms with Gasteiger partial charge in [-0.05, 0) is 38.1 Å². The van der Waals surface area contributed by atoms with Crippen molar-refractivity contribution in [2.75, 3.05) is 11.1 Å². The summed E-state index contributed by atoms with van der Waals surface area (Å²) in [7, 11) is 0. The molecular weight excluding hydrogens is 400 g/mol. The summed E-state index contributed by atoms with van der Waals surface area (Å²) in [6, 6.07) is 13.2. The highest BCUT2D eigenvalue weighted by Gasteiger charge is 2.10. The van der Waals surface area contributed by atoms with E-state index < -0.39 is 0 Å². The van der Waals surface area contributed by atoms with Gasteiger partial charge in [0, 0.05) is 35.5 Å². The number of carbonyl (C=O) groups excluding carboxylic acids is 1. The highest BCUT2D eigenvalue weighted by atomic mass is 32.2. The average Bonchev–Trinajstić information content (AvgIpc) is 3.30. The molecule has 1 aromatic carbocycles. The van der Waals surface area contributed by atoms with Crippen molar-refractivity contribution in [1.82, 2.24) is 14.5 Å². The lowest BCUT2D eigenvalue weighted by atomic mass is 10.2. The van der Waals surface area contributed by atoms with Crippen molar-refractivity contribution in [3.63, 3.8) is 0 Å². The van der Waals surface area contributed by atoms with Crippen molar-refractivity contribution in [1.29, 1.82) is 0 Å². The van der Waals surface area contributed by atoms with E-state index in [1.807, 2.05) is 73.1 Å². The summed E-state index contributed by atoms with van der Waals surface area (Å²) in [5.74, 6) is 2.45. The zero-order chi connectivity index (χ0) is 20.9. The van der Waals surface area contributed by atoms with E-state index in [1.165, 1.54) is 11.8 Å². The van der Waals surface area contributed by atoms with E-state index in [9.17, 15) is 4.79 Å². The number of anilines is 1. The Balaban J connectivity index is 1.28. The van der Waals surface area contributed by atoms with Gasteiger partial charge in [0.05, 0.1) is 17.1 Å². The minimum Gasteiger partial charge on any atom is -0.487 e. The quantitative estimate of drug-likeness (QED) is 0.454. The van der Waals surface area contributed by atoms with Gasteiger partial charge in [0.15, 0.2) is 0 Å². The fraction of sp³-hybridized carbons (Fsp3) is 0.227. The number of nitrogens with zero attached hydrogens (tertiary/aromatic N) is 3. The van der Waals surface area contributed by atoms with Crippen LogP contribution < -0.4 is 10.1 Å². The van der Waals surface area contributed by atoms with Crippen LogP contribution in [0, 0.1) is 13.8 Å². The van der Waals surface area contributed by atoms with Crippen LogP contribution in [0.1, 0.15) is 22.7 Å². The van der Waals surface area contributed by atoms with Gasteiger partial charge in [-0.15, -0.1) is 11.8 Å². The number of ether oxygens (including phenoxy) is 1. The van der Waals surface area contributed by atoms with E-state index in [0.717, 1.165) is 28.4 Å². The SMILES string of the molecule is Cc1noc(C)c1CSCC(=O)Nc1cccc(OCc2cn3ccccc3n2)c1.